The van der Waals surface area contributed by atoms with Crippen LogP contribution in [0.2, 0.25) is 0 Å². The van der Waals surface area contributed by atoms with E-state index in [1.165, 1.54) is 4.90 Å². The number of rotatable bonds is 3. The van der Waals surface area contributed by atoms with Crippen molar-refractivity contribution in [1.82, 2.24) is 0 Å². The number of hydrogen-bond acceptors (Lipinski definition) is 3. The van der Waals surface area contributed by atoms with Crippen LogP contribution in [0.3, 0.4) is 0 Å². The molecule has 1 heterocycles. The fourth-order valence-electron chi connectivity index (χ4n) is 2.35. The summed E-state index contributed by atoms with van der Waals surface area (Å²) in [6.07, 6.45) is 2.19. The number of amides is 2. The molecule has 1 aliphatic rings. The Morgan fingerprint density at radius 2 is 1.52 bits per heavy atom. The largest absolute Gasteiger partial charge is 0.481 e. The monoisotopic (exact) mass is 289 g/mol. The molecule has 1 N–H and O–H groups in total. The third-order valence-electron chi connectivity index (χ3n) is 3.91. The minimum Gasteiger partial charge on any atom is -0.481 e. The van der Waals surface area contributed by atoms with Crippen LogP contribution in [0.15, 0.2) is 24.3 Å². The minimum atomic E-state index is -1.01. The molecule has 0 spiro atoms. The van der Waals surface area contributed by atoms with Crippen molar-refractivity contribution in [3.05, 3.63) is 29.8 Å². The van der Waals surface area contributed by atoms with Gasteiger partial charge in [-0.1, -0.05) is 12.1 Å². The van der Waals surface area contributed by atoms with E-state index in [9.17, 15) is 19.5 Å². The number of carbonyl (C=O) groups excluding carboxylic acids is 2. The van der Waals surface area contributed by atoms with Crippen molar-refractivity contribution in [1.29, 1.82) is 0 Å². The zero-order chi connectivity index (χ0) is 15.6. The van der Waals surface area contributed by atoms with Gasteiger partial charge in [0.2, 0.25) is 11.8 Å². The summed E-state index contributed by atoms with van der Waals surface area (Å²) in [5, 5.41) is 9.22. The molecule has 2 rings (SSSR count). The minimum absolute atomic E-state index is 0.192. The molecule has 1 aromatic carbocycles. The summed E-state index contributed by atoms with van der Waals surface area (Å²) < 4.78 is 0. The predicted molar refractivity (Wildman–Crippen MR) is 78.1 cm³/mol. The number of imide groups is 1. The normalized spacial score (nSPS) is 16.8. The van der Waals surface area contributed by atoms with Gasteiger partial charge in [-0.25, -0.2) is 0 Å². The number of aliphatic carboxylic acids is 1. The molecule has 0 atom stereocenters. The Labute approximate surface area is 123 Å². The van der Waals surface area contributed by atoms with E-state index in [0.717, 1.165) is 12.8 Å². The molecule has 0 bridgehead atoms. The van der Waals surface area contributed by atoms with Gasteiger partial charge in [-0.15, -0.1) is 0 Å². The van der Waals surface area contributed by atoms with Crippen molar-refractivity contribution in [2.24, 2.45) is 0 Å². The first-order valence-electron chi connectivity index (χ1n) is 7.04. The van der Waals surface area contributed by atoms with Crippen LogP contribution in [0.1, 0.15) is 45.1 Å². The van der Waals surface area contributed by atoms with E-state index in [-0.39, 0.29) is 11.8 Å². The van der Waals surface area contributed by atoms with Gasteiger partial charge in [0.25, 0.3) is 0 Å². The summed E-state index contributed by atoms with van der Waals surface area (Å²) >= 11 is 0. The summed E-state index contributed by atoms with van der Waals surface area (Å²) in [5.74, 6) is -1.30. The lowest BCUT2D eigenvalue weighted by Gasteiger charge is -2.22. The van der Waals surface area contributed by atoms with Crippen LogP contribution in [-0.4, -0.2) is 22.9 Å². The van der Waals surface area contributed by atoms with Gasteiger partial charge in [0.15, 0.2) is 0 Å². The molecule has 1 fully saturated rings. The van der Waals surface area contributed by atoms with Crippen molar-refractivity contribution in [2.45, 2.75) is 44.9 Å². The first-order chi connectivity index (χ1) is 9.84. The number of carbonyl (C=O) groups is 3. The molecule has 5 nitrogen and oxygen atoms in total. The second-order valence-electron chi connectivity index (χ2n) is 5.81. The maximum atomic E-state index is 12.0. The lowest BCUT2D eigenvalue weighted by Crippen LogP contribution is -2.35. The van der Waals surface area contributed by atoms with Gasteiger partial charge < -0.3 is 5.11 Å². The SMILES string of the molecule is CC(C)(C(=O)O)c1ccc(N2C(=O)CCCCC2=O)cc1. The number of hydrogen-bond donors (Lipinski definition) is 1. The predicted octanol–water partition coefficient (Wildman–Crippen LogP) is 2.48. The lowest BCUT2D eigenvalue weighted by atomic mass is 9.85. The van der Waals surface area contributed by atoms with Crippen molar-refractivity contribution in [2.75, 3.05) is 4.90 Å². The second kappa shape index (κ2) is 5.68. The zero-order valence-corrected chi connectivity index (χ0v) is 12.3. The molecule has 0 saturated carbocycles. The van der Waals surface area contributed by atoms with Crippen molar-refractivity contribution in [3.63, 3.8) is 0 Å². The highest BCUT2D eigenvalue weighted by Gasteiger charge is 2.30. The standard InChI is InChI=1S/C16H19NO4/c1-16(2,15(20)21)11-7-9-12(10-8-11)17-13(18)5-3-4-6-14(17)19/h7-10H,3-6H2,1-2H3,(H,20,21). The summed E-state index contributed by atoms with van der Waals surface area (Å²) in [6.45, 7) is 3.24. The fourth-order valence-corrected chi connectivity index (χ4v) is 2.35. The quantitative estimate of drug-likeness (QED) is 0.867. The Morgan fingerprint density at radius 3 is 1.95 bits per heavy atom. The lowest BCUT2D eigenvalue weighted by molar-refractivity contribution is -0.142. The molecule has 21 heavy (non-hydrogen) atoms. The maximum Gasteiger partial charge on any atom is 0.313 e. The Bertz CT molecular complexity index is 556. The summed E-state index contributed by atoms with van der Waals surface area (Å²) in [6, 6.07) is 6.60. The van der Waals surface area contributed by atoms with E-state index in [2.05, 4.69) is 0 Å². The van der Waals surface area contributed by atoms with E-state index in [1.54, 1.807) is 38.1 Å². The van der Waals surface area contributed by atoms with Gasteiger partial charge in [-0.05, 0) is 44.4 Å². The fraction of sp³-hybridized carbons (Fsp3) is 0.438. The highest BCUT2D eigenvalue weighted by molar-refractivity contribution is 6.15. The molecule has 1 aliphatic heterocycles. The third-order valence-corrected chi connectivity index (χ3v) is 3.91. The second-order valence-corrected chi connectivity index (χ2v) is 5.81. The zero-order valence-electron chi connectivity index (χ0n) is 12.3. The van der Waals surface area contributed by atoms with Crippen LogP contribution < -0.4 is 4.90 Å². The Kier molecular flexibility index (Phi) is 4.11. The molecule has 0 aromatic heterocycles. The molecule has 0 unspecified atom stereocenters. The summed E-state index contributed by atoms with van der Waals surface area (Å²) in [5.41, 5.74) is 0.135. The van der Waals surface area contributed by atoms with Gasteiger partial charge in [0, 0.05) is 12.8 Å². The average molecular weight is 289 g/mol. The van der Waals surface area contributed by atoms with Crippen molar-refractivity contribution < 1.29 is 19.5 Å². The smallest absolute Gasteiger partial charge is 0.313 e. The number of carboxylic acid groups (broad SMARTS) is 1. The van der Waals surface area contributed by atoms with E-state index < -0.39 is 11.4 Å². The van der Waals surface area contributed by atoms with Crippen LogP contribution in [0.25, 0.3) is 0 Å². The maximum absolute atomic E-state index is 12.0. The number of nitrogens with zero attached hydrogens (tertiary/aromatic N) is 1. The van der Waals surface area contributed by atoms with Gasteiger partial charge in [-0.3, -0.25) is 19.3 Å². The van der Waals surface area contributed by atoms with Crippen molar-refractivity contribution in [3.8, 4) is 0 Å². The van der Waals surface area contributed by atoms with E-state index in [1.807, 2.05) is 0 Å². The first-order valence-corrected chi connectivity index (χ1v) is 7.04. The van der Waals surface area contributed by atoms with Gasteiger partial charge in [-0.2, -0.15) is 0 Å². The topological polar surface area (TPSA) is 74.7 Å². The van der Waals surface area contributed by atoms with Crippen LogP contribution in [0.4, 0.5) is 5.69 Å². The molecule has 1 saturated heterocycles. The third kappa shape index (κ3) is 2.96. The van der Waals surface area contributed by atoms with Gasteiger partial charge in [0.05, 0.1) is 11.1 Å². The average Bonchev–Trinajstić information content (AvgIpc) is 2.60. The van der Waals surface area contributed by atoms with Crippen LogP contribution in [0.5, 0.6) is 0 Å². The molecule has 5 heteroatoms. The summed E-state index contributed by atoms with van der Waals surface area (Å²) in [7, 11) is 0. The molecule has 0 radical (unpaired) electrons. The van der Waals surface area contributed by atoms with E-state index in [4.69, 9.17) is 0 Å². The number of benzene rings is 1. The molecule has 0 aliphatic carbocycles. The Hall–Kier alpha value is -2.17. The van der Waals surface area contributed by atoms with Crippen LogP contribution >= 0.6 is 0 Å². The van der Waals surface area contributed by atoms with Crippen molar-refractivity contribution >= 4 is 23.5 Å². The molecule has 2 amide bonds. The molecule has 112 valence electrons. The van der Waals surface area contributed by atoms with Crippen LogP contribution in [-0.2, 0) is 19.8 Å². The molecular weight excluding hydrogens is 270 g/mol. The van der Waals surface area contributed by atoms with Gasteiger partial charge in [0.1, 0.15) is 0 Å². The molecular formula is C16H19NO4. The number of carboxylic acids is 1. The van der Waals surface area contributed by atoms with Gasteiger partial charge >= 0.3 is 5.97 Å². The highest BCUT2D eigenvalue weighted by Crippen LogP contribution is 2.27. The Balaban J connectivity index is 2.32. The molecule has 1 aromatic rings. The Morgan fingerprint density at radius 1 is 1.05 bits per heavy atom. The van der Waals surface area contributed by atoms with E-state index in [0.29, 0.717) is 24.1 Å². The first kappa shape index (κ1) is 15.2. The summed E-state index contributed by atoms with van der Waals surface area (Å²) in [4.78, 5) is 36.5. The van der Waals surface area contributed by atoms with Crippen LogP contribution in [0, 0.1) is 0 Å². The highest BCUT2D eigenvalue weighted by atomic mass is 16.4. The number of anilines is 1. The van der Waals surface area contributed by atoms with E-state index >= 15 is 0 Å².